The average Bonchev–Trinajstić information content (AvgIpc) is 3.03. The molecule has 4 nitrogen and oxygen atoms in total. The third-order valence-corrected chi connectivity index (χ3v) is 4.32. The van der Waals surface area contributed by atoms with Gasteiger partial charge in [-0.2, -0.15) is 0 Å². The van der Waals surface area contributed by atoms with Gasteiger partial charge in [0, 0.05) is 5.69 Å². The number of ether oxygens (including phenoxy) is 1. The predicted octanol–water partition coefficient (Wildman–Crippen LogP) is 3.59. The van der Waals surface area contributed by atoms with Crippen molar-refractivity contribution in [1.82, 2.24) is 0 Å². The lowest BCUT2D eigenvalue weighted by molar-refractivity contribution is -0.119. The van der Waals surface area contributed by atoms with Crippen molar-refractivity contribution < 1.29 is 14.3 Å². The van der Waals surface area contributed by atoms with Gasteiger partial charge in [-0.05, 0) is 68.0 Å². The van der Waals surface area contributed by atoms with Crippen LogP contribution in [0.4, 0.5) is 5.69 Å². The summed E-state index contributed by atoms with van der Waals surface area (Å²) in [6.45, 7) is 3.64. The van der Waals surface area contributed by atoms with E-state index in [9.17, 15) is 9.59 Å². The largest absolute Gasteiger partial charge is 0.452 e. The fraction of sp³-hybridized carbons (Fsp3) is 0.300. The van der Waals surface area contributed by atoms with E-state index in [0.717, 1.165) is 36.1 Å². The van der Waals surface area contributed by atoms with Crippen LogP contribution in [0.3, 0.4) is 0 Å². The standard InChI is InChI=1S/C20H21NO3/c1-13-6-9-18(14(2)10-13)21-19(22)12-24-20(23)17-8-7-15-4-3-5-16(15)11-17/h6-11H,3-5,12H2,1-2H3,(H,21,22). The highest BCUT2D eigenvalue weighted by Gasteiger charge is 2.16. The van der Waals surface area contributed by atoms with Crippen molar-refractivity contribution in [1.29, 1.82) is 0 Å². The molecule has 2 aromatic carbocycles. The SMILES string of the molecule is Cc1ccc(NC(=O)COC(=O)c2ccc3c(c2)CCC3)c(C)c1. The first-order valence-electron chi connectivity index (χ1n) is 8.19. The molecule has 3 rings (SSSR count). The van der Waals surface area contributed by atoms with E-state index in [1.54, 1.807) is 6.07 Å². The molecule has 0 saturated heterocycles. The van der Waals surface area contributed by atoms with Gasteiger partial charge in [0.2, 0.25) is 0 Å². The van der Waals surface area contributed by atoms with Crippen LogP contribution in [0.1, 0.15) is 39.0 Å². The van der Waals surface area contributed by atoms with Crippen LogP contribution in [-0.2, 0) is 22.4 Å². The Morgan fingerprint density at radius 3 is 2.62 bits per heavy atom. The van der Waals surface area contributed by atoms with Gasteiger partial charge in [0.05, 0.1) is 5.56 Å². The van der Waals surface area contributed by atoms with E-state index in [1.165, 1.54) is 11.1 Å². The van der Waals surface area contributed by atoms with Gasteiger partial charge in [-0.25, -0.2) is 4.79 Å². The molecule has 0 fully saturated rings. The normalized spacial score (nSPS) is 12.6. The second kappa shape index (κ2) is 6.87. The zero-order valence-corrected chi connectivity index (χ0v) is 14.0. The first kappa shape index (κ1) is 16.2. The van der Waals surface area contributed by atoms with Gasteiger partial charge < -0.3 is 10.1 Å². The first-order valence-corrected chi connectivity index (χ1v) is 8.19. The molecule has 0 spiro atoms. The number of hydrogen-bond acceptors (Lipinski definition) is 3. The second-order valence-electron chi connectivity index (χ2n) is 6.28. The quantitative estimate of drug-likeness (QED) is 0.875. The van der Waals surface area contributed by atoms with Crippen molar-refractivity contribution in [3.63, 3.8) is 0 Å². The molecular formula is C20H21NO3. The van der Waals surface area contributed by atoms with Crippen molar-refractivity contribution >= 4 is 17.6 Å². The number of fused-ring (bicyclic) bond motifs is 1. The molecule has 0 unspecified atom stereocenters. The van der Waals surface area contributed by atoms with E-state index in [2.05, 4.69) is 5.32 Å². The number of esters is 1. The highest BCUT2D eigenvalue weighted by Crippen LogP contribution is 2.23. The highest BCUT2D eigenvalue weighted by atomic mass is 16.5. The van der Waals surface area contributed by atoms with Crippen molar-refractivity contribution in [2.45, 2.75) is 33.1 Å². The lowest BCUT2D eigenvalue weighted by Gasteiger charge is -2.10. The Morgan fingerprint density at radius 1 is 1.04 bits per heavy atom. The van der Waals surface area contributed by atoms with Crippen molar-refractivity contribution in [3.05, 3.63) is 64.2 Å². The third kappa shape index (κ3) is 3.65. The van der Waals surface area contributed by atoms with Gasteiger partial charge in [0.1, 0.15) is 0 Å². The zero-order chi connectivity index (χ0) is 17.1. The summed E-state index contributed by atoms with van der Waals surface area (Å²) in [5, 5.41) is 2.77. The molecule has 2 aromatic rings. The predicted molar refractivity (Wildman–Crippen MR) is 93.3 cm³/mol. The minimum absolute atomic E-state index is 0.288. The number of carbonyl (C=O) groups excluding carboxylic acids is 2. The maximum absolute atomic E-state index is 12.1. The Hall–Kier alpha value is -2.62. The van der Waals surface area contributed by atoms with Crippen LogP contribution in [0.15, 0.2) is 36.4 Å². The number of anilines is 1. The molecule has 0 atom stereocenters. The average molecular weight is 323 g/mol. The summed E-state index contributed by atoms with van der Waals surface area (Å²) in [7, 11) is 0. The molecule has 4 heteroatoms. The molecule has 0 aliphatic heterocycles. The van der Waals surface area contributed by atoms with Crippen LogP contribution >= 0.6 is 0 Å². The lowest BCUT2D eigenvalue weighted by atomic mass is 10.1. The number of nitrogens with one attached hydrogen (secondary N) is 1. The van der Waals surface area contributed by atoms with Gasteiger partial charge in [-0.1, -0.05) is 23.8 Å². The van der Waals surface area contributed by atoms with Crippen LogP contribution < -0.4 is 5.32 Å². The zero-order valence-electron chi connectivity index (χ0n) is 14.0. The van der Waals surface area contributed by atoms with Crippen molar-refractivity contribution in [2.75, 3.05) is 11.9 Å². The van der Waals surface area contributed by atoms with Gasteiger partial charge >= 0.3 is 5.97 Å². The summed E-state index contributed by atoms with van der Waals surface area (Å²) >= 11 is 0. The smallest absolute Gasteiger partial charge is 0.338 e. The van der Waals surface area contributed by atoms with Gasteiger partial charge in [0.15, 0.2) is 6.61 Å². The van der Waals surface area contributed by atoms with Gasteiger partial charge in [-0.3, -0.25) is 4.79 Å². The molecule has 1 amide bonds. The molecular weight excluding hydrogens is 302 g/mol. The molecule has 0 aromatic heterocycles. The Balaban J connectivity index is 1.57. The number of hydrogen-bond donors (Lipinski definition) is 1. The minimum atomic E-state index is -0.458. The topological polar surface area (TPSA) is 55.4 Å². The van der Waals surface area contributed by atoms with Crippen LogP contribution in [0.2, 0.25) is 0 Å². The number of amides is 1. The van der Waals surface area contributed by atoms with Crippen LogP contribution in [0, 0.1) is 13.8 Å². The molecule has 24 heavy (non-hydrogen) atoms. The number of rotatable bonds is 4. The monoisotopic (exact) mass is 323 g/mol. The Morgan fingerprint density at radius 2 is 1.83 bits per heavy atom. The maximum Gasteiger partial charge on any atom is 0.338 e. The summed E-state index contributed by atoms with van der Waals surface area (Å²) in [6, 6.07) is 11.4. The summed E-state index contributed by atoms with van der Waals surface area (Å²) in [4.78, 5) is 24.1. The minimum Gasteiger partial charge on any atom is -0.452 e. The van der Waals surface area contributed by atoms with E-state index < -0.39 is 5.97 Å². The molecule has 1 aliphatic carbocycles. The second-order valence-corrected chi connectivity index (χ2v) is 6.28. The molecule has 0 saturated carbocycles. The number of carbonyl (C=O) groups is 2. The summed E-state index contributed by atoms with van der Waals surface area (Å²) in [5.74, 6) is -0.794. The fourth-order valence-electron chi connectivity index (χ4n) is 3.05. The van der Waals surface area contributed by atoms with Gasteiger partial charge in [-0.15, -0.1) is 0 Å². The summed E-state index contributed by atoms with van der Waals surface area (Å²) in [6.07, 6.45) is 3.21. The van der Waals surface area contributed by atoms with Crippen molar-refractivity contribution in [3.8, 4) is 0 Å². The Bertz CT molecular complexity index is 795. The summed E-state index contributed by atoms with van der Waals surface area (Å²) in [5.41, 5.74) is 5.87. The Labute approximate surface area is 141 Å². The molecule has 124 valence electrons. The van der Waals surface area contributed by atoms with E-state index >= 15 is 0 Å². The van der Waals surface area contributed by atoms with E-state index in [4.69, 9.17) is 4.74 Å². The molecule has 1 N–H and O–H groups in total. The van der Waals surface area contributed by atoms with Crippen LogP contribution in [-0.4, -0.2) is 18.5 Å². The molecule has 0 heterocycles. The number of benzene rings is 2. The van der Waals surface area contributed by atoms with Gasteiger partial charge in [0.25, 0.3) is 5.91 Å². The molecule has 0 bridgehead atoms. The van der Waals surface area contributed by atoms with E-state index in [0.29, 0.717) is 5.56 Å². The number of aryl methyl sites for hydroxylation is 4. The first-order chi connectivity index (χ1) is 11.5. The molecule has 0 radical (unpaired) electrons. The van der Waals surface area contributed by atoms with Crippen LogP contribution in [0.25, 0.3) is 0 Å². The Kier molecular flexibility index (Phi) is 4.65. The third-order valence-electron chi connectivity index (χ3n) is 4.32. The summed E-state index contributed by atoms with van der Waals surface area (Å²) < 4.78 is 5.13. The van der Waals surface area contributed by atoms with Crippen molar-refractivity contribution in [2.24, 2.45) is 0 Å². The fourth-order valence-corrected chi connectivity index (χ4v) is 3.05. The van der Waals surface area contributed by atoms with E-state index in [1.807, 2.05) is 44.2 Å². The highest BCUT2D eigenvalue weighted by molar-refractivity contribution is 5.96. The van der Waals surface area contributed by atoms with Crippen LogP contribution in [0.5, 0.6) is 0 Å². The lowest BCUT2D eigenvalue weighted by Crippen LogP contribution is -2.21. The van der Waals surface area contributed by atoms with E-state index in [-0.39, 0.29) is 12.5 Å². The molecule has 1 aliphatic rings. The maximum atomic E-state index is 12.1.